The minimum atomic E-state index is 0.827. The normalized spacial score (nSPS) is 10.7. The first kappa shape index (κ1) is 11.2. The molecule has 0 unspecified atom stereocenters. The van der Waals surface area contributed by atoms with Gasteiger partial charge in [0.25, 0.3) is 0 Å². The molecule has 1 heterocycles. The Bertz CT molecular complexity index is 238. The average Bonchev–Trinajstić information content (AvgIpc) is 2.41. The first-order chi connectivity index (χ1) is 6.24. The Kier molecular flexibility index (Phi) is 4.99. The lowest BCUT2D eigenvalue weighted by Gasteiger charge is -1.96. The average molecular weight is 262 g/mol. The zero-order chi connectivity index (χ0) is 9.68. The van der Waals surface area contributed by atoms with Crippen molar-refractivity contribution in [2.75, 3.05) is 6.54 Å². The molecule has 1 aromatic heterocycles. The summed E-state index contributed by atoms with van der Waals surface area (Å²) in [6.45, 7) is 2.98. The molecule has 1 aromatic rings. The van der Waals surface area contributed by atoms with Crippen LogP contribution in [0.25, 0.3) is 0 Å². The maximum atomic E-state index is 5.43. The third kappa shape index (κ3) is 3.79. The maximum Gasteiger partial charge on any atom is 0.0314 e. The van der Waals surface area contributed by atoms with E-state index in [-0.39, 0.29) is 0 Å². The molecular formula is C10H16BrNS. The molecule has 74 valence electrons. The standard InChI is InChI=1S/C10H16BrNS/c1-8-10(11)7-9(13-8)5-3-2-4-6-12/h7H,2-6,12H2,1H3. The fraction of sp³-hybridized carbons (Fsp3) is 0.600. The Hall–Kier alpha value is 0.140. The second kappa shape index (κ2) is 5.78. The van der Waals surface area contributed by atoms with Gasteiger partial charge in [-0.2, -0.15) is 0 Å². The summed E-state index contributed by atoms with van der Waals surface area (Å²) in [4.78, 5) is 2.87. The molecule has 0 fully saturated rings. The van der Waals surface area contributed by atoms with Crippen LogP contribution >= 0.6 is 27.3 Å². The molecule has 0 aliphatic carbocycles. The zero-order valence-corrected chi connectivity index (χ0v) is 10.4. The molecule has 0 amide bonds. The third-order valence-electron chi connectivity index (χ3n) is 2.04. The molecule has 13 heavy (non-hydrogen) atoms. The number of rotatable bonds is 5. The van der Waals surface area contributed by atoms with Gasteiger partial charge in [0, 0.05) is 14.2 Å². The highest BCUT2D eigenvalue weighted by atomic mass is 79.9. The van der Waals surface area contributed by atoms with E-state index in [1.807, 2.05) is 11.3 Å². The highest BCUT2D eigenvalue weighted by Crippen LogP contribution is 2.27. The van der Waals surface area contributed by atoms with Crippen molar-refractivity contribution >= 4 is 27.3 Å². The van der Waals surface area contributed by atoms with Gasteiger partial charge < -0.3 is 5.73 Å². The molecule has 0 spiro atoms. The van der Waals surface area contributed by atoms with E-state index in [1.165, 1.54) is 33.5 Å². The van der Waals surface area contributed by atoms with Crippen LogP contribution in [-0.2, 0) is 6.42 Å². The molecule has 0 saturated heterocycles. The van der Waals surface area contributed by atoms with Gasteiger partial charge in [0.2, 0.25) is 0 Å². The lowest BCUT2D eigenvalue weighted by atomic mass is 10.2. The van der Waals surface area contributed by atoms with Gasteiger partial charge in [0.1, 0.15) is 0 Å². The Balaban J connectivity index is 2.29. The van der Waals surface area contributed by atoms with E-state index in [0.29, 0.717) is 0 Å². The summed E-state index contributed by atoms with van der Waals surface area (Å²) in [5.41, 5.74) is 5.43. The van der Waals surface area contributed by atoms with Crippen molar-refractivity contribution in [2.45, 2.75) is 32.6 Å². The molecule has 0 aromatic carbocycles. The molecule has 0 aliphatic heterocycles. The Labute approximate surface area is 92.5 Å². The predicted molar refractivity (Wildman–Crippen MR) is 63.4 cm³/mol. The van der Waals surface area contributed by atoms with Crippen molar-refractivity contribution in [3.63, 3.8) is 0 Å². The van der Waals surface area contributed by atoms with E-state index in [2.05, 4.69) is 28.9 Å². The van der Waals surface area contributed by atoms with Crippen LogP contribution in [0.1, 0.15) is 29.0 Å². The van der Waals surface area contributed by atoms with Crippen LogP contribution in [0, 0.1) is 6.92 Å². The molecule has 2 N–H and O–H groups in total. The summed E-state index contributed by atoms with van der Waals surface area (Å²) in [7, 11) is 0. The lowest BCUT2D eigenvalue weighted by molar-refractivity contribution is 0.690. The predicted octanol–water partition coefficient (Wildman–Crippen LogP) is 3.49. The quantitative estimate of drug-likeness (QED) is 0.807. The minimum absolute atomic E-state index is 0.827. The number of unbranched alkanes of at least 4 members (excludes halogenated alkanes) is 2. The van der Waals surface area contributed by atoms with Crippen molar-refractivity contribution in [1.29, 1.82) is 0 Å². The summed E-state index contributed by atoms with van der Waals surface area (Å²) >= 11 is 5.42. The van der Waals surface area contributed by atoms with Gasteiger partial charge in [-0.1, -0.05) is 6.42 Å². The minimum Gasteiger partial charge on any atom is -0.330 e. The first-order valence-electron chi connectivity index (χ1n) is 4.69. The Morgan fingerprint density at radius 3 is 2.69 bits per heavy atom. The summed E-state index contributed by atoms with van der Waals surface area (Å²) in [5.74, 6) is 0. The van der Waals surface area contributed by atoms with Crippen molar-refractivity contribution in [3.8, 4) is 0 Å². The van der Waals surface area contributed by atoms with Gasteiger partial charge >= 0.3 is 0 Å². The van der Waals surface area contributed by atoms with Crippen LogP contribution in [-0.4, -0.2) is 6.54 Å². The van der Waals surface area contributed by atoms with E-state index >= 15 is 0 Å². The van der Waals surface area contributed by atoms with Crippen LogP contribution < -0.4 is 5.73 Å². The van der Waals surface area contributed by atoms with Crippen molar-refractivity contribution < 1.29 is 0 Å². The van der Waals surface area contributed by atoms with Gasteiger partial charge in [0.05, 0.1) is 0 Å². The van der Waals surface area contributed by atoms with E-state index < -0.39 is 0 Å². The topological polar surface area (TPSA) is 26.0 Å². The highest BCUT2D eigenvalue weighted by Gasteiger charge is 2.01. The molecule has 1 rings (SSSR count). The maximum absolute atomic E-state index is 5.43. The van der Waals surface area contributed by atoms with Crippen molar-refractivity contribution in [3.05, 3.63) is 20.3 Å². The van der Waals surface area contributed by atoms with Gasteiger partial charge in [-0.15, -0.1) is 11.3 Å². The Morgan fingerprint density at radius 2 is 2.15 bits per heavy atom. The summed E-state index contributed by atoms with van der Waals surface area (Å²) in [6, 6.07) is 2.24. The van der Waals surface area contributed by atoms with Crippen LogP contribution in [0.15, 0.2) is 10.5 Å². The van der Waals surface area contributed by atoms with Crippen LogP contribution in [0.5, 0.6) is 0 Å². The van der Waals surface area contributed by atoms with Crippen molar-refractivity contribution in [2.24, 2.45) is 5.73 Å². The zero-order valence-electron chi connectivity index (χ0n) is 7.98. The van der Waals surface area contributed by atoms with Crippen LogP contribution in [0.4, 0.5) is 0 Å². The summed E-state index contributed by atoms with van der Waals surface area (Å²) < 4.78 is 1.26. The number of nitrogens with two attached hydrogens (primary N) is 1. The monoisotopic (exact) mass is 261 g/mol. The van der Waals surface area contributed by atoms with E-state index in [1.54, 1.807) is 0 Å². The number of hydrogen-bond donors (Lipinski definition) is 1. The van der Waals surface area contributed by atoms with Gasteiger partial charge in [-0.05, 0) is 54.7 Å². The lowest BCUT2D eigenvalue weighted by Crippen LogP contribution is -1.97. The fourth-order valence-corrected chi connectivity index (χ4v) is 2.90. The van der Waals surface area contributed by atoms with Gasteiger partial charge in [-0.25, -0.2) is 0 Å². The van der Waals surface area contributed by atoms with E-state index in [4.69, 9.17) is 5.73 Å². The van der Waals surface area contributed by atoms with Crippen LogP contribution in [0.2, 0.25) is 0 Å². The molecule has 0 radical (unpaired) electrons. The first-order valence-corrected chi connectivity index (χ1v) is 6.30. The SMILES string of the molecule is Cc1sc(CCCCCN)cc1Br. The highest BCUT2D eigenvalue weighted by molar-refractivity contribution is 9.10. The number of hydrogen-bond acceptors (Lipinski definition) is 2. The number of thiophene rings is 1. The molecule has 0 saturated carbocycles. The molecule has 0 aliphatic rings. The summed E-state index contributed by atoms with van der Waals surface area (Å²) in [6.07, 6.45) is 4.89. The molecule has 0 atom stereocenters. The largest absolute Gasteiger partial charge is 0.330 e. The van der Waals surface area contributed by atoms with E-state index in [0.717, 1.165) is 13.0 Å². The van der Waals surface area contributed by atoms with Gasteiger partial charge in [-0.3, -0.25) is 0 Å². The molecule has 3 heteroatoms. The number of halogens is 1. The smallest absolute Gasteiger partial charge is 0.0314 e. The van der Waals surface area contributed by atoms with Crippen molar-refractivity contribution in [1.82, 2.24) is 0 Å². The van der Waals surface area contributed by atoms with Gasteiger partial charge in [0.15, 0.2) is 0 Å². The molecule has 1 nitrogen and oxygen atoms in total. The molecule has 0 bridgehead atoms. The van der Waals surface area contributed by atoms with E-state index in [9.17, 15) is 0 Å². The molecular weight excluding hydrogens is 246 g/mol. The van der Waals surface area contributed by atoms with Crippen LogP contribution in [0.3, 0.4) is 0 Å². The third-order valence-corrected chi connectivity index (χ3v) is 4.23. The summed E-state index contributed by atoms with van der Waals surface area (Å²) in [5, 5.41) is 0. The Morgan fingerprint density at radius 1 is 1.38 bits per heavy atom. The second-order valence-corrected chi connectivity index (χ2v) is 5.41. The second-order valence-electron chi connectivity index (χ2n) is 3.22. The number of aryl methyl sites for hydroxylation is 2. The fourth-order valence-electron chi connectivity index (χ4n) is 1.26.